The molecule has 216 valence electrons. The standard InChI is InChI=1S/C21H40F4N8O4/c22-29-12-5-2-8-16(32-24)20(36)27-11-4-1-7-15(19(35)28-14-10-18(26)34)31-21(37)17(33-25)9-3-6-13-30-23/h15-17,29-30,32-33H,1-14H2,(H2,26,34)(H,27,36)(H,28,35)(H,31,37)/t15-,16-,17-/m0/s1. The molecule has 4 amide bonds. The van der Waals surface area contributed by atoms with Gasteiger partial charge in [0.15, 0.2) is 0 Å². The quantitative estimate of drug-likeness (QED) is 0.0465. The van der Waals surface area contributed by atoms with Crippen LogP contribution in [-0.4, -0.2) is 67.9 Å². The predicted molar refractivity (Wildman–Crippen MR) is 128 cm³/mol. The van der Waals surface area contributed by atoms with Gasteiger partial charge in [-0.1, -0.05) is 0 Å². The molecule has 0 aromatic carbocycles. The Hall–Kier alpha value is -2.56. The highest BCUT2D eigenvalue weighted by molar-refractivity contribution is 5.89. The fourth-order valence-electron chi connectivity index (χ4n) is 3.33. The number of primary amides is 1. The van der Waals surface area contributed by atoms with Gasteiger partial charge in [-0.3, -0.25) is 19.2 Å². The Morgan fingerprint density at radius 1 is 0.568 bits per heavy atom. The number of halogens is 4. The van der Waals surface area contributed by atoms with Crippen LogP contribution in [0, 0.1) is 0 Å². The number of rotatable bonds is 24. The van der Waals surface area contributed by atoms with Crippen molar-refractivity contribution >= 4 is 23.6 Å². The number of amides is 4. The highest BCUT2D eigenvalue weighted by Crippen LogP contribution is 2.06. The number of nitrogens with one attached hydrogen (secondary N) is 7. The van der Waals surface area contributed by atoms with Crippen molar-refractivity contribution < 1.29 is 37.1 Å². The maximum absolute atomic E-state index is 13.2. The second-order valence-corrected chi connectivity index (χ2v) is 8.44. The zero-order chi connectivity index (χ0) is 27.9. The summed E-state index contributed by atoms with van der Waals surface area (Å²) in [5, 5.41) is 7.51. The molecule has 0 aromatic heterocycles. The average molecular weight is 545 g/mol. The van der Waals surface area contributed by atoms with Gasteiger partial charge in [0.25, 0.3) is 0 Å². The molecule has 0 aliphatic carbocycles. The molecule has 0 spiro atoms. The van der Waals surface area contributed by atoms with E-state index in [2.05, 4.69) is 16.0 Å². The fraction of sp³-hybridized carbons (Fsp3) is 0.810. The normalized spacial score (nSPS) is 13.4. The lowest BCUT2D eigenvalue weighted by Crippen LogP contribution is -2.52. The van der Waals surface area contributed by atoms with Crippen molar-refractivity contribution in [1.82, 2.24) is 38.1 Å². The molecule has 12 nitrogen and oxygen atoms in total. The maximum Gasteiger partial charge on any atom is 0.242 e. The molecule has 0 unspecified atom stereocenters. The largest absolute Gasteiger partial charge is 0.370 e. The van der Waals surface area contributed by atoms with E-state index in [0.29, 0.717) is 38.5 Å². The van der Waals surface area contributed by atoms with Gasteiger partial charge < -0.3 is 21.7 Å². The van der Waals surface area contributed by atoms with Gasteiger partial charge in [0.1, 0.15) is 18.1 Å². The van der Waals surface area contributed by atoms with Crippen molar-refractivity contribution in [1.29, 1.82) is 0 Å². The van der Waals surface area contributed by atoms with Gasteiger partial charge in [-0.2, -0.15) is 11.1 Å². The molecular weight excluding hydrogens is 504 g/mol. The zero-order valence-corrected chi connectivity index (χ0v) is 20.9. The summed E-state index contributed by atoms with van der Waals surface area (Å²) >= 11 is 0. The summed E-state index contributed by atoms with van der Waals surface area (Å²) in [4.78, 5) is 48.0. The lowest BCUT2D eigenvalue weighted by molar-refractivity contribution is -0.131. The summed E-state index contributed by atoms with van der Waals surface area (Å²) in [6, 6.07) is -3.37. The first-order valence-corrected chi connectivity index (χ1v) is 12.3. The van der Waals surface area contributed by atoms with Gasteiger partial charge in [0, 0.05) is 32.6 Å². The minimum absolute atomic E-state index is 0.0450. The van der Waals surface area contributed by atoms with Crippen LogP contribution >= 0.6 is 0 Å². The monoisotopic (exact) mass is 544 g/mol. The van der Waals surface area contributed by atoms with E-state index in [1.807, 2.05) is 0 Å². The molecule has 9 N–H and O–H groups in total. The SMILES string of the molecule is NC(=O)CCNC(=O)[C@H](CCCCNC(=O)[C@H](CCCCNF)NF)NC(=O)[C@H](CCCCNF)NF. The van der Waals surface area contributed by atoms with Crippen molar-refractivity contribution in [2.45, 2.75) is 82.3 Å². The van der Waals surface area contributed by atoms with Crippen molar-refractivity contribution in [3.63, 3.8) is 0 Å². The van der Waals surface area contributed by atoms with Crippen LogP contribution in [0.2, 0.25) is 0 Å². The molecule has 0 saturated carbocycles. The van der Waals surface area contributed by atoms with E-state index in [4.69, 9.17) is 5.73 Å². The topological polar surface area (TPSA) is 179 Å². The molecule has 0 rings (SSSR count). The van der Waals surface area contributed by atoms with Crippen LogP contribution in [0.3, 0.4) is 0 Å². The third-order valence-electron chi connectivity index (χ3n) is 5.45. The Morgan fingerprint density at radius 3 is 1.49 bits per heavy atom. The van der Waals surface area contributed by atoms with Crippen LogP contribution in [0.4, 0.5) is 17.9 Å². The highest BCUT2D eigenvalue weighted by Gasteiger charge is 2.25. The van der Waals surface area contributed by atoms with E-state index in [1.54, 1.807) is 0 Å². The van der Waals surface area contributed by atoms with Crippen molar-refractivity contribution in [2.24, 2.45) is 5.73 Å². The molecule has 0 aromatic rings. The number of hydrogen-bond acceptors (Lipinski definition) is 8. The second-order valence-electron chi connectivity index (χ2n) is 8.44. The molecule has 3 atom stereocenters. The minimum Gasteiger partial charge on any atom is -0.370 e. The summed E-state index contributed by atoms with van der Waals surface area (Å²) in [6.07, 6.45) is 2.61. The Morgan fingerprint density at radius 2 is 1.00 bits per heavy atom. The number of nitrogens with two attached hydrogens (primary N) is 1. The van der Waals surface area contributed by atoms with E-state index in [-0.39, 0.29) is 51.9 Å². The molecular formula is C21H40F4N8O4. The van der Waals surface area contributed by atoms with Crippen LogP contribution in [0.5, 0.6) is 0 Å². The van der Waals surface area contributed by atoms with Gasteiger partial charge in [-0.15, -0.1) is 29.0 Å². The number of carbonyl (C=O) groups is 4. The summed E-state index contributed by atoms with van der Waals surface area (Å²) in [5.74, 6) is -2.55. The lowest BCUT2D eigenvalue weighted by Gasteiger charge is -2.21. The van der Waals surface area contributed by atoms with E-state index in [9.17, 15) is 37.1 Å². The Labute approximate surface area is 213 Å². The van der Waals surface area contributed by atoms with E-state index < -0.39 is 41.8 Å². The van der Waals surface area contributed by atoms with Crippen molar-refractivity contribution in [3.8, 4) is 0 Å². The third kappa shape index (κ3) is 17.5. The Bertz CT molecular complexity index is 666. The van der Waals surface area contributed by atoms with Crippen LogP contribution in [0.1, 0.15) is 64.2 Å². The first kappa shape index (κ1) is 34.4. The molecule has 0 aliphatic heterocycles. The van der Waals surface area contributed by atoms with Crippen LogP contribution in [0.25, 0.3) is 0 Å². The maximum atomic E-state index is 13.2. The van der Waals surface area contributed by atoms with Gasteiger partial charge in [-0.05, 0) is 57.8 Å². The van der Waals surface area contributed by atoms with Gasteiger partial charge in [0.2, 0.25) is 23.6 Å². The Kier molecular flexibility index (Phi) is 21.1. The van der Waals surface area contributed by atoms with Crippen molar-refractivity contribution in [2.75, 3.05) is 26.2 Å². The molecule has 37 heavy (non-hydrogen) atoms. The Balaban J connectivity index is 4.73. The smallest absolute Gasteiger partial charge is 0.242 e. The number of carbonyl (C=O) groups excluding carboxylic acids is 4. The molecule has 0 aliphatic rings. The molecule has 16 heteroatoms. The summed E-state index contributed by atoms with van der Waals surface area (Å²) in [7, 11) is 0. The van der Waals surface area contributed by atoms with Crippen LogP contribution in [-0.2, 0) is 19.2 Å². The summed E-state index contributed by atoms with van der Waals surface area (Å²) < 4.78 is 49.9. The van der Waals surface area contributed by atoms with Gasteiger partial charge >= 0.3 is 0 Å². The fourth-order valence-corrected chi connectivity index (χ4v) is 3.33. The molecule has 0 fully saturated rings. The predicted octanol–water partition coefficient (Wildman–Crippen LogP) is -0.276. The van der Waals surface area contributed by atoms with E-state index in [1.165, 1.54) is 22.2 Å². The van der Waals surface area contributed by atoms with Gasteiger partial charge in [0.05, 0.1) is 0 Å². The molecule has 0 bridgehead atoms. The number of unbranched alkanes of at least 4 members (excludes halogenated alkanes) is 3. The zero-order valence-electron chi connectivity index (χ0n) is 20.9. The first-order chi connectivity index (χ1) is 17.8. The summed E-state index contributed by atoms with van der Waals surface area (Å²) in [6.45, 7) is 0.287. The highest BCUT2D eigenvalue weighted by atomic mass is 19.2. The van der Waals surface area contributed by atoms with E-state index in [0.717, 1.165) is 0 Å². The van der Waals surface area contributed by atoms with E-state index >= 15 is 0 Å². The molecule has 0 radical (unpaired) electrons. The first-order valence-electron chi connectivity index (χ1n) is 12.3. The average Bonchev–Trinajstić information content (AvgIpc) is 2.87. The second kappa shape index (κ2) is 22.6. The van der Waals surface area contributed by atoms with Gasteiger partial charge in [-0.25, -0.2) is 0 Å². The summed E-state index contributed by atoms with van der Waals surface area (Å²) in [5.41, 5.74) is 10.8. The molecule has 0 saturated heterocycles. The molecule has 0 heterocycles. The van der Waals surface area contributed by atoms with Crippen molar-refractivity contribution in [3.05, 3.63) is 0 Å². The van der Waals surface area contributed by atoms with Crippen LogP contribution in [0.15, 0.2) is 0 Å². The minimum atomic E-state index is -1.24. The third-order valence-corrected chi connectivity index (χ3v) is 5.45. The lowest BCUT2D eigenvalue weighted by atomic mass is 10.1. The number of hydrogen-bond donors (Lipinski definition) is 8. The van der Waals surface area contributed by atoms with Crippen LogP contribution < -0.4 is 43.8 Å².